The van der Waals surface area contributed by atoms with Crippen molar-refractivity contribution in [1.82, 2.24) is 14.8 Å². The van der Waals surface area contributed by atoms with Gasteiger partial charge in [0, 0.05) is 19.0 Å². The van der Waals surface area contributed by atoms with E-state index in [9.17, 15) is 9.59 Å². The maximum atomic E-state index is 12.1. The van der Waals surface area contributed by atoms with Gasteiger partial charge in [-0.2, -0.15) is 0 Å². The standard InChI is InChI=1S/C12H17N3O3S/c1-4-5-15(7-11(16)17)12(18)14(3)6-10-8-19-9(2)13-10/h4,8H,1,5-7H2,2-3H3,(H,16,17). The minimum Gasteiger partial charge on any atom is -0.480 e. The van der Waals surface area contributed by atoms with Crippen LogP contribution in [-0.2, 0) is 11.3 Å². The summed E-state index contributed by atoms with van der Waals surface area (Å²) in [4.78, 5) is 29.7. The lowest BCUT2D eigenvalue weighted by Crippen LogP contribution is -2.43. The van der Waals surface area contributed by atoms with Crippen molar-refractivity contribution in [3.05, 3.63) is 28.7 Å². The SMILES string of the molecule is C=CCN(CC(=O)O)C(=O)N(C)Cc1csc(C)n1. The Kier molecular flexibility index (Phi) is 5.50. The highest BCUT2D eigenvalue weighted by Crippen LogP contribution is 2.10. The van der Waals surface area contributed by atoms with E-state index in [4.69, 9.17) is 5.11 Å². The van der Waals surface area contributed by atoms with Crippen LogP contribution >= 0.6 is 11.3 Å². The van der Waals surface area contributed by atoms with Gasteiger partial charge >= 0.3 is 12.0 Å². The van der Waals surface area contributed by atoms with Gasteiger partial charge in [-0.3, -0.25) is 4.79 Å². The Hall–Kier alpha value is -1.89. The lowest BCUT2D eigenvalue weighted by atomic mass is 10.4. The molecule has 0 aliphatic heterocycles. The van der Waals surface area contributed by atoms with Crippen LogP contribution in [0.4, 0.5) is 4.79 Å². The van der Waals surface area contributed by atoms with Crippen LogP contribution in [-0.4, -0.2) is 52.0 Å². The van der Waals surface area contributed by atoms with Gasteiger partial charge in [-0.1, -0.05) is 6.08 Å². The summed E-state index contributed by atoms with van der Waals surface area (Å²) in [7, 11) is 1.62. The Labute approximate surface area is 116 Å². The molecule has 0 aromatic carbocycles. The second-order valence-electron chi connectivity index (χ2n) is 4.06. The third kappa shape index (κ3) is 4.70. The van der Waals surface area contributed by atoms with E-state index in [1.807, 2.05) is 12.3 Å². The maximum Gasteiger partial charge on any atom is 0.323 e. The summed E-state index contributed by atoms with van der Waals surface area (Å²) in [5.41, 5.74) is 0.798. The number of carboxylic acids is 1. The lowest BCUT2D eigenvalue weighted by molar-refractivity contribution is -0.137. The van der Waals surface area contributed by atoms with Gasteiger partial charge in [0.2, 0.25) is 0 Å². The van der Waals surface area contributed by atoms with Crippen LogP contribution in [0.2, 0.25) is 0 Å². The van der Waals surface area contributed by atoms with Gasteiger partial charge in [-0.05, 0) is 6.92 Å². The Bertz CT molecular complexity index is 473. The largest absolute Gasteiger partial charge is 0.480 e. The van der Waals surface area contributed by atoms with Gasteiger partial charge in [-0.25, -0.2) is 9.78 Å². The zero-order valence-electron chi connectivity index (χ0n) is 11.0. The molecule has 0 bridgehead atoms. The first kappa shape index (κ1) is 15.2. The van der Waals surface area contributed by atoms with Crippen LogP contribution in [0.25, 0.3) is 0 Å². The number of urea groups is 1. The Morgan fingerprint density at radius 3 is 2.74 bits per heavy atom. The summed E-state index contributed by atoms with van der Waals surface area (Å²) < 4.78 is 0. The molecule has 1 N–H and O–H groups in total. The predicted octanol–water partition coefficient (Wildman–Crippen LogP) is 1.58. The number of carbonyl (C=O) groups is 2. The number of rotatable bonds is 6. The quantitative estimate of drug-likeness (QED) is 0.804. The number of carbonyl (C=O) groups excluding carboxylic acids is 1. The molecule has 1 aromatic rings. The second-order valence-corrected chi connectivity index (χ2v) is 5.12. The van der Waals surface area contributed by atoms with Gasteiger partial charge in [0.05, 0.1) is 17.2 Å². The molecule has 0 saturated heterocycles. The first-order valence-electron chi connectivity index (χ1n) is 5.67. The van der Waals surface area contributed by atoms with Crippen molar-refractivity contribution in [3.8, 4) is 0 Å². The van der Waals surface area contributed by atoms with E-state index in [1.54, 1.807) is 7.05 Å². The first-order valence-corrected chi connectivity index (χ1v) is 6.55. The maximum absolute atomic E-state index is 12.1. The third-order valence-electron chi connectivity index (χ3n) is 2.34. The molecular formula is C12H17N3O3S. The zero-order valence-corrected chi connectivity index (χ0v) is 11.8. The highest BCUT2D eigenvalue weighted by molar-refractivity contribution is 7.09. The smallest absolute Gasteiger partial charge is 0.323 e. The Balaban J connectivity index is 2.66. The molecule has 0 saturated carbocycles. The highest BCUT2D eigenvalue weighted by Gasteiger charge is 2.19. The average molecular weight is 283 g/mol. The lowest BCUT2D eigenvalue weighted by Gasteiger charge is -2.25. The summed E-state index contributed by atoms with van der Waals surface area (Å²) in [6.45, 7) is 5.63. The molecule has 104 valence electrons. The molecule has 6 nitrogen and oxygen atoms in total. The predicted molar refractivity (Wildman–Crippen MR) is 73.1 cm³/mol. The number of amides is 2. The normalized spacial score (nSPS) is 10.0. The van der Waals surface area contributed by atoms with E-state index in [1.165, 1.54) is 27.2 Å². The van der Waals surface area contributed by atoms with Gasteiger partial charge in [0.15, 0.2) is 0 Å². The minimum absolute atomic E-state index is 0.200. The fourth-order valence-electron chi connectivity index (χ4n) is 1.56. The first-order chi connectivity index (χ1) is 8.93. The van der Waals surface area contributed by atoms with Gasteiger partial charge < -0.3 is 14.9 Å². The molecule has 0 spiro atoms. The van der Waals surface area contributed by atoms with Crippen molar-refractivity contribution in [3.63, 3.8) is 0 Å². The number of aryl methyl sites for hydroxylation is 1. The van der Waals surface area contributed by atoms with Crippen LogP contribution in [0.15, 0.2) is 18.0 Å². The van der Waals surface area contributed by atoms with E-state index in [-0.39, 0.29) is 19.1 Å². The van der Waals surface area contributed by atoms with Crippen molar-refractivity contribution in [2.24, 2.45) is 0 Å². The molecule has 0 radical (unpaired) electrons. The Morgan fingerprint density at radius 1 is 1.58 bits per heavy atom. The molecule has 1 rings (SSSR count). The number of hydrogen-bond donors (Lipinski definition) is 1. The summed E-state index contributed by atoms with van der Waals surface area (Å²) >= 11 is 1.51. The van der Waals surface area contributed by atoms with Crippen LogP contribution < -0.4 is 0 Å². The average Bonchev–Trinajstić information content (AvgIpc) is 2.72. The van der Waals surface area contributed by atoms with Crippen LogP contribution in [0.3, 0.4) is 0 Å². The van der Waals surface area contributed by atoms with Crippen LogP contribution in [0.5, 0.6) is 0 Å². The summed E-state index contributed by atoms with van der Waals surface area (Å²) in [5.74, 6) is -1.05. The molecular weight excluding hydrogens is 266 g/mol. The molecule has 19 heavy (non-hydrogen) atoms. The topological polar surface area (TPSA) is 73.7 Å². The molecule has 0 aliphatic rings. The zero-order chi connectivity index (χ0) is 14.4. The molecule has 0 fully saturated rings. The monoisotopic (exact) mass is 283 g/mol. The number of thiazole rings is 1. The van der Waals surface area contributed by atoms with E-state index in [0.29, 0.717) is 6.54 Å². The van der Waals surface area contributed by atoms with Gasteiger partial charge in [0.1, 0.15) is 6.54 Å². The van der Waals surface area contributed by atoms with Gasteiger partial charge in [-0.15, -0.1) is 17.9 Å². The van der Waals surface area contributed by atoms with E-state index >= 15 is 0 Å². The van der Waals surface area contributed by atoms with Crippen molar-refractivity contribution in [1.29, 1.82) is 0 Å². The fraction of sp³-hybridized carbons (Fsp3) is 0.417. The van der Waals surface area contributed by atoms with Crippen molar-refractivity contribution < 1.29 is 14.7 Å². The summed E-state index contributed by atoms with van der Waals surface area (Å²) in [5, 5.41) is 11.6. The van der Waals surface area contributed by atoms with E-state index < -0.39 is 5.97 Å². The van der Waals surface area contributed by atoms with Crippen LogP contribution in [0.1, 0.15) is 10.7 Å². The highest BCUT2D eigenvalue weighted by atomic mass is 32.1. The number of nitrogens with zero attached hydrogens (tertiary/aromatic N) is 3. The summed E-state index contributed by atoms with van der Waals surface area (Å²) in [6, 6.07) is -0.354. The molecule has 0 aliphatic carbocycles. The minimum atomic E-state index is -1.05. The van der Waals surface area contributed by atoms with E-state index in [2.05, 4.69) is 11.6 Å². The molecule has 0 atom stereocenters. The van der Waals surface area contributed by atoms with Crippen LogP contribution in [0, 0.1) is 6.92 Å². The number of aromatic nitrogens is 1. The molecule has 1 heterocycles. The van der Waals surface area contributed by atoms with Crippen molar-refractivity contribution in [2.45, 2.75) is 13.5 Å². The molecule has 1 aromatic heterocycles. The second kappa shape index (κ2) is 6.89. The molecule has 2 amide bonds. The summed E-state index contributed by atoms with van der Waals surface area (Å²) in [6.07, 6.45) is 1.50. The van der Waals surface area contributed by atoms with Crippen molar-refractivity contribution in [2.75, 3.05) is 20.1 Å². The fourth-order valence-corrected chi connectivity index (χ4v) is 2.17. The number of aliphatic carboxylic acids is 1. The number of carboxylic acid groups (broad SMARTS) is 1. The number of hydrogen-bond acceptors (Lipinski definition) is 4. The van der Waals surface area contributed by atoms with Crippen molar-refractivity contribution >= 4 is 23.3 Å². The Morgan fingerprint density at radius 2 is 2.26 bits per heavy atom. The van der Waals surface area contributed by atoms with Gasteiger partial charge in [0.25, 0.3) is 0 Å². The van der Waals surface area contributed by atoms with E-state index in [0.717, 1.165) is 10.7 Å². The third-order valence-corrected chi connectivity index (χ3v) is 3.16. The molecule has 7 heteroatoms. The molecule has 0 unspecified atom stereocenters.